The van der Waals surface area contributed by atoms with Gasteiger partial charge in [0.1, 0.15) is 10.6 Å². The number of hydrogen-bond donors (Lipinski definition) is 4. The molecule has 0 bridgehead atoms. The van der Waals surface area contributed by atoms with E-state index in [1.165, 1.54) is 4.57 Å². The predicted molar refractivity (Wildman–Crippen MR) is 164 cm³/mol. The van der Waals surface area contributed by atoms with Crippen molar-refractivity contribution >= 4 is 46.2 Å². The number of nitrogens with zero attached hydrogens (tertiary/aromatic N) is 1. The van der Waals surface area contributed by atoms with Gasteiger partial charge in [0.25, 0.3) is 5.91 Å². The molecule has 1 heterocycles. The Bertz CT molecular complexity index is 1550. The maximum atomic E-state index is 12.7. The van der Waals surface area contributed by atoms with Crippen molar-refractivity contribution in [2.45, 2.75) is 59.0 Å². The summed E-state index contributed by atoms with van der Waals surface area (Å²) in [5.41, 5.74) is 8.69. The summed E-state index contributed by atoms with van der Waals surface area (Å²) in [6, 6.07) is 12.3. The van der Waals surface area contributed by atoms with Gasteiger partial charge >= 0.3 is 12.2 Å². The van der Waals surface area contributed by atoms with Gasteiger partial charge in [-0.25, -0.2) is 14.2 Å². The molecule has 0 saturated heterocycles. The van der Waals surface area contributed by atoms with E-state index in [-0.39, 0.29) is 17.4 Å². The minimum Gasteiger partial charge on any atom is -0.464 e. The van der Waals surface area contributed by atoms with E-state index in [0.717, 1.165) is 5.56 Å². The first kappa shape index (κ1) is 31.2. The second kappa shape index (κ2) is 12.4. The van der Waals surface area contributed by atoms with Gasteiger partial charge in [-0.3, -0.25) is 4.79 Å². The average molecular weight is 577 g/mol. The van der Waals surface area contributed by atoms with Gasteiger partial charge in [-0.05, 0) is 69.2 Å². The van der Waals surface area contributed by atoms with Crippen LogP contribution in [0.25, 0.3) is 10.9 Å². The summed E-state index contributed by atoms with van der Waals surface area (Å²) >= 11 is 5.32. The predicted octanol–water partition coefficient (Wildman–Crippen LogP) is 4.95. The molecule has 3 rings (SSSR count). The molecule has 0 fully saturated rings. The highest BCUT2D eigenvalue weighted by Gasteiger charge is 2.30. The SMILES string of the molecule is CC(C)(C)OC(=O)NCC#Cc1ccc(C(=O)NCCc2ccc3c(c2)c(C(N)=S)c(C(C)(C)C)n3C(=O)O)cc1. The maximum Gasteiger partial charge on any atom is 0.416 e. The number of benzene rings is 2. The zero-order chi connectivity index (χ0) is 30.5. The fourth-order valence-corrected chi connectivity index (χ4v) is 4.56. The number of alkyl carbamates (subject to hydrolysis) is 1. The van der Waals surface area contributed by atoms with Gasteiger partial charge in [-0.15, -0.1) is 0 Å². The second-order valence-electron chi connectivity index (χ2n) is 11.5. The van der Waals surface area contributed by atoms with Crippen molar-refractivity contribution in [3.05, 3.63) is 70.4 Å². The molecular formula is C31H36N4O5S. The van der Waals surface area contributed by atoms with Crippen molar-refractivity contribution in [3.8, 4) is 11.8 Å². The second-order valence-corrected chi connectivity index (χ2v) is 12.0. The molecular weight excluding hydrogens is 540 g/mol. The molecule has 0 aliphatic rings. The van der Waals surface area contributed by atoms with Crippen molar-refractivity contribution in [2.24, 2.45) is 5.73 Å². The zero-order valence-corrected chi connectivity index (χ0v) is 25.0. The standard InChI is InChI=1S/C31H36N4O5S/c1-30(2,3)25-24(26(32)41)22-18-20(11-14-23(22)35(25)29(38)39)15-17-33-27(36)21-12-9-19(10-13-21)8-7-16-34-28(37)40-31(4,5)6/h9-14,18H,15-17H2,1-6H3,(H2,32,41)(H,33,36)(H,34,37)(H,38,39). The lowest BCUT2D eigenvalue weighted by molar-refractivity contribution is 0.0534. The molecule has 0 aliphatic heterocycles. The van der Waals surface area contributed by atoms with Crippen LogP contribution in [-0.4, -0.2) is 51.4 Å². The molecule has 0 atom stereocenters. The minimum absolute atomic E-state index is 0.137. The molecule has 2 amide bonds. The number of thiocarbonyl (C=S) groups is 1. The number of rotatable bonds is 6. The molecule has 3 aromatic rings. The number of carbonyl (C=O) groups is 3. The molecule has 5 N–H and O–H groups in total. The third-order valence-electron chi connectivity index (χ3n) is 5.98. The van der Waals surface area contributed by atoms with Crippen LogP contribution in [-0.2, 0) is 16.6 Å². The zero-order valence-electron chi connectivity index (χ0n) is 24.2. The number of nitrogens with one attached hydrogen (secondary N) is 2. The molecule has 10 heteroatoms. The van der Waals surface area contributed by atoms with E-state index in [2.05, 4.69) is 22.5 Å². The molecule has 0 spiro atoms. The molecule has 0 unspecified atom stereocenters. The van der Waals surface area contributed by atoms with Gasteiger partial charge in [0.05, 0.1) is 12.1 Å². The molecule has 0 aliphatic carbocycles. The van der Waals surface area contributed by atoms with Crippen LogP contribution >= 0.6 is 12.2 Å². The van der Waals surface area contributed by atoms with E-state index in [0.29, 0.717) is 46.3 Å². The first-order valence-corrected chi connectivity index (χ1v) is 13.5. The Morgan fingerprint density at radius 3 is 2.24 bits per heavy atom. The van der Waals surface area contributed by atoms with Gasteiger partial charge in [0, 0.05) is 39.7 Å². The fourth-order valence-electron chi connectivity index (χ4n) is 4.36. The average Bonchev–Trinajstić information content (AvgIpc) is 3.22. The Morgan fingerprint density at radius 1 is 1.02 bits per heavy atom. The number of fused-ring (bicyclic) bond motifs is 1. The van der Waals surface area contributed by atoms with Crippen LogP contribution in [0.5, 0.6) is 0 Å². The van der Waals surface area contributed by atoms with E-state index in [9.17, 15) is 19.5 Å². The van der Waals surface area contributed by atoms with Gasteiger partial charge in [0.2, 0.25) is 0 Å². The normalized spacial score (nSPS) is 11.4. The van der Waals surface area contributed by atoms with Crippen molar-refractivity contribution in [3.63, 3.8) is 0 Å². The molecule has 0 radical (unpaired) electrons. The summed E-state index contributed by atoms with van der Waals surface area (Å²) in [5.74, 6) is 5.56. The van der Waals surface area contributed by atoms with Crippen LogP contribution in [0, 0.1) is 11.8 Å². The van der Waals surface area contributed by atoms with Crippen molar-refractivity contribution in [1.82, 2.24) is 15.2 Å². The summed E-state index contributed by atoms with van der Waals surface area (Å²) < 4.78 is 6.41. The number of amides is 2. The van der Waals surface area contributed by atoms with E-state index >= 15 is 0 Å². The van der Waals surface area contributed by atoms with Crippen LogP contribution in [0.3, 0.4) is 0 Å². The lowest BCUT2D eigenvalue weighted by atomic mass is 9.88. The smallest absolute Gasteiger partial charge is 0.416 e. The fraction of sp³-hybridized carbons (Fsp3) is 0.355. The van der Waals surface area contributed by atoms with Crippen LogP contribution in [0.1, 0.15) is 74.3 Å². The summed E-state index contributed by atoms with van der Waals surface area (Å²) in [7, 11) is 0. The highest BCUT2D eigenvalue weighted by molar-refractivity contribution is 7.80. The van der Waals surface area contributed by atoms with Crippen molar-refractivity contribution < 1.29 is 24.2 Å². The van der Waals surface area contributed by atoms with E-state index < -0.39 is 23.2 Å². The lowest BCUT2D eigenvalue weighted by Gasteiger charge is -2.22. The van der Waals surface area contributed by atoms with Crippen LogP contribution in [0.2, 0.25) is 0 Å². The van der Waals surface area contributed by atoms with Crippen molar-refractivity contribution in [2.75, 3.05) is 13.1 Å². The number of nitrogens with two attached hydrogens (primary N) is 1. The number of carbonyl (C=O) groups excluding carboxylic acids is 2. The Labute approximate surface area is 245 Å². The highest BCUT2D eigenvalue weighted by Crippen LogP contribution is 2.35. The number of aromatic nitrogens is 1. The monoisotopic (exact) mass is 576 g/mol. The molecule has 0 saturated carbocycles. The van der Waals surface area contributed by atoms with E-state index in [1.807, 2.05) is 32.9 Å². The third-order valence-corrected chi connectivity index (χ3v) is 6.18. The largest absolute Gasteiger partial charge is 0.464 e. The quantitative estimate of drug-likeness (QED) is 0.241. The summed E-state index contributed by atoms with van der Waals surface area (Å²) in [6.45, 7) is 11.6. The molecule has 2 aromatic carbocycles. The topological polar surface area (TPSA) is 136 Å². The van der Waals surface area contributed by atoms with E-state index in [4.69, 9.17) is 22.7 Å². The molecule has 41 heavy (non-hydrogen) atoms. The van der Waals surface area contributed by atoms with E-state index in [1.54, 1.807) is 51.1 Å². The Hall–Kier alpha value is -4.36. The first-order valence-electron chi connectivity index (χ1n) is 13.1. The summed E-state index contributed by atoms with van der Waals surface area (Å²) in [4.78, 5) is 36.6. The Morgan fingerprint density at radius 2 is 1.68 bits per heavy atom. The molecule has 9 nitrogen and oxygen atoms in total. The first-order chi connectivity index (χ1) is 19.1. The summed E-state index contributed by atoms with van der Waals surface area (Å²) in [6.07, 6.45) is -1.11. The van der Waals surface area contributed by atoms with Gasteiger partial charge in [-0.1, -0.05) is 50.9 Å². The maximum absolute atomic E-state index is 12.7. The van der Waals surface area contributed by atoms with Gasteiger partial charge < -0.3 is 26.2 Å². The van der Waals surface area contributed by atoms with Crippen LogP contribution in [0.4, 0.5) is 9.59 Å². The minimum atomic E-state index is -1.10. The van der Waals surface area contributed by atoms with Crippen LogP contribution in [0.15, 0.2) is 42.5 Å². The summed E-state index contributed by atoms with van der Waals surface area (Å²) in [5, 5.41) is 16.1. The Balaban J connectivity index is 1.64. The van der Waals surface area contributed by atoms with Gasteiger partial charge in [-0.2, -0.15) is 0 Å². The van der Waals surface area contributed by atoms with Gasteiger partial charge in [0.15, 0.2) is 0 Å². The number of ether oxygens (including phenoxy) is 1. The molecule has 1 aromatic heterocycles. The van der Waals surface area contributed by atoms with Crippen molar-refractivity contribution in [1.29, 1.82) is 0 Å². The number of hydrogen-bond acceptors (Lipinski definition) is 5. The third kappa shape index (κ3) is 8.08. The number of carboxylic acid groups (broad SMARTS) is 1. The highest BCUT2D eigenvalue weighted by atomic mass is 32.1. The van der Waals surface area contributed by atoms with Crippen LogP contribution < -0.4 is 16.4 Å². The lowest BCUT2D eigenvalue weighted by Crippen LogP contribution is -2.32. The Kier molecular flexibility index (Phi) is 9.46. The molecule has 216 valence electrons.